The Morgan fingerprint density at radius 3 is 2.21 bits per heavy atom. The first kappa shape index (κ1) is 16.3. The van der Waals surface area contributed by atoms with E-state index in [1.165, 1.54) is 14.2 Å². The fourth-order valence-electron chi connectivity index (χ4n) is 1.71. The highest BCUT2D eigenvalue weighted by atomic mass is 32.2. The Hall–Kier alpha value is -0.750. The monoisotopic (exact) mass is 286 g/mol. The molecule has 0 aliphatic heterocycles. The number of benzene rings is 1. The van der Waals surface area contributed by atoms with Crippen LogP contribution in [0.4, 0.5) is 0 Å². The zero-order chi connectivity index (χ0) is 14.4. The molecule has 0 aromatic heterocycles. The minimum absolute atomic E-state index is 0.297. The van der Waals surface area contributed by atoms with Gasteiger partial charge >= 0.3 is 0 Å². The smallest absolute Gasteiger partial charge is 0.159 e. The highest BCUT2D eigenvalue weighted by Crippen LogP contribution is 2.17. The number of ether oxygens (including phenoxy) is 2. The summed E-state index contributed by atoms with van der Waals surface area (Å²) in [5, 5.41) is 9.70. The number of methoxy groups -OCH3 is 2. The van der Waals surface area contributed by atoms with Crippen LogP contribution in [0.25, 0.3) is 0 Å². The van der Waals surface area contributed by atoms with E-state index in [0.29, 0.717) is 6.42 Å². The largest absolute Gasteiger partial charge is 0.392 e. The minimum Gasteiger partial charge on any atom is -0.392 e. The minimum atomic E-state index is -1.25. The molecule has 0 saturated carbocycles. The summed E-state index contributed by atoms with van der Waals surface area (Å²) in [6.45, 7) is 3.75. The maximum atomic E-state index is 12.3. The van der Waals surface area contributed by atoms with Gasteiger partial charge in [0.1, 0.15) is 0 Å². The van der Waals surface area contributed by atoms with Crippen molar-refractivity contribution in [2.75, 3.05) is 14.2 Å². The number of hydrogen-bond donors (Lipinski definition) is 1. The number of hydrogen-bond acceptors (Lipinski definition) is 4. The molecule has 0 aliphatic carbocycles. The molecule has 0 aliphatic rings. The van der Waals surface area contributed by atoms with Gasteiger partial charge < -0.3 is 14.6 Å². The van der Waals surface area contributed by atoms with Crippen molar-refractivity contribution in [2.24, 2.45) is 0 Å². The average molecular weight is 286 g/mol. The molecule has 1 aromatic rings. The van der Waals surface area contributed by atoms with E-state index in [1.807, 2.05) is 31.2 Å². The zero-order valence-corrected chi connectivity index (χ0v) is 12.6. The van der Waals surface area contributed by atoms with Gasteiger partial charge in [-0.1, -0.05) is 17.7 Å². The molecule has 0 spiro atoms. The van der Waals surface area contributed by atoms with E-state index >= 15 is 0 Å². The fraction of sp³-hybridized carbons (Fsp3) is 0.571. The molecule has 0 heterocycles. The summed E-state index contributed by atoms with van der Waals surface area (Å²) in [6, 6.07) is 7.50. The normalized spacial score (nSPS) is 16.3. The SMILES string of the molecule is COC(C[C@H](O)[C@@H](C)S(=O)c1ccc(C)cc1)OC. The second kappa shape index (κ2) is 7.75. The number of aliphatic hydroxyl groups is 1. The molecule has 4 nitrogen and oxygen atoms in total. The van der Waals surface area contributed by atoms with Crippen molar-refractivity contribution < 1.29 is 18.8 Å². The first-order chi connectivity index (χ1) is 8.99. The van der Waals surface area contributed by atoms with Crippen LogP contribution in [-0.2, 0) is 20.3 Å². The molecule has 0 bridgehead atoms. The van der Waals surface area contributed by atoms with Gasteiger partial charge in [0.25, 0.3) is 0 Å². The highest BCUT2D eigenvalue weighted by molar-refractivity contribution is 7.85. The number of aliphatic hydroxyl groups excluding tert-OH is 1. The van der Waals surface area contributed by atoms with Gasteiger partial charge in [-0.15, -0.1) is 0 Å². The van der Waals surface area contributed by atoms with E-state index in [4.69, 9.17) is 9.47 Å². The van der Waals surface area contributed by atoms with Gasteiger partial charge in [-0.25, -0.2) is 0 Å². The molecule has 1 rings (SSSR count). The quantitative estimate of drug-likeness (QED) is 0.777. The highest BCUT2D eigenvalue weighted by Gasteiger charge is 2.25. The topological polar surface area (TPSA) is 55.8 Å². The fourth-order valence-corrected chi connectivity index (χ4v) is 2.94. The summed E-state index contributed by atoms with van der Waals surface area (Å²) < 4.78 is 22.4. The van der Waals surface area contributed by atoms with Crippen molar-refractivity contribution in [3.8, 4) is 0 Å². The molecule has 108 valence electrons. The molecule has 1 aromatic carbocycles. The Morgan fingerprint density at radius 1 is 1.21 bits per heavy atom. The average Bonchev–Trinajstić information content (AvgIpc) is 2.43. The Labute approximate surface area is 117 Å². The van der Waals surface area contributed by atoms with E-state index in [0.717, 1.165) is 10.5 Å². The van der Waals surface area contributed by atoms with Crippen LogP contribution in [-0.4, -0.2) is 41.2 Å². The maximum Gasteiger partial charge on any atom is 0.159 e. The third kappa shape index (κ3) is 4.69. The summed E-state index contributed by atoms with van der Waals surface area (Å²) in [6.07, 6.45) is -0.925. The number of aryl methyl sites for hydroxylation is 1. The molecule has 0 fully saturated rings. The van der Waals surface area contributed by atoms with Crippen LogP contribution in [0.1, 0.15) is 18.9 Å². The summed E-state index contributed by atoms with van der Waals surface area (Å²) in [5.74, 6) is 0. The molecule has 0 radical (unpaired) electrons. The van der Waals surface area contributed by atoms with Crippen molar-refractivity contribution in [1.29, 1.82) is 0 Å². The Balaban J connectivity index is 2.68. The van der Waals surface area contributed by atoms with E-state index in [1.54, 1.807) is 6.92 Å². The molecule has 1 unspecified atom stereocenters. The van der Waals surface area contributed by atoms with Gasteiger partial charge in [0.15, 0.2) is 6.29 Å². The zero-order valence-electron chi connectivity index (χ0n) is 11.8. The first-order valence-corrected chi connectivity index (χ1v) is 7.41. The Morgan fingerprint density at radius 2 is 1.74 bits per heavy atom. The van der Waals surface area contributed by atoms with Gasteiger partial charge in [-0.05, 0) is 26.0 Å². The van der Waals surface area contributed by atoms with E-state index in [-0.39, 0.29) is 5.25 Å². The second-order valence-electron chi connectivity index (χ2n) is 4.52. The molecule has 5 heteroatoms. The summed E-state index contributed by atoms with van der Waals surface area (Å²) in [7, 11) is 1.78. The van der Waals surface area contributed by atoms with E-state index in [9.17, 15) is 9.32 Å². The molecule has 0 saturated heterocycles. The maximum absolute atomic E-state index is 12.3. The van der Waals surface area contributed by atoms with Gasteiger partial charge in [-0.2, -0.15) is 0 Å². The summed E-state index contributed by atoms with van der Waals surface area (Å²) >= 11 is 0. The van der Waals surface area contributed by atoms with Crippen LogP contribution in [0, 0.1) is 6.92 Å². The second-order valence-corrected chi connectivity index (χ2v) is 6.33. The van der Waals surface area contributed by atoms with Crippen molar-refractivity contribution >= 4 is 10.8 Å². The van der Waals surface area contributed by atoms with Gasteiger partial charge in [0.05, 0.1) is 22.2 Å². The molecule has 0 amide bonds. The van der Waals surface area contributed by atoms with E-state index < -0.39 is 23.2 Å². The number of rotatable bonds is 7. The van der Waals surface area contributed by atoms with Crippen LogP contribution in [0.15, 0.2) is 29.2 Å². The van der Waals surface area contributed by atoms with Crippen molar-refractivity contribution in [2.45, 2.75) is 42.8 Å². The lowest BCUT2D eigenvalue weighted by molar-refractivity contribution is -0.122. The van der Waals surface area contributed by atoms with Crippen LogP contribution >= 0.6 is 0 Å². The summed E-state index contributed by atoms with van der Waals surface area (Å²) in [4.78, 5) is 0.725. The standard InChI is InChI=1S/C14H22O4S/c1-10-5-7-12(8-6-10)19(16)11(2)13(15)9-14(17-3)18-4/h5-8,11,13-15H,9H2,1-4H3/t11-,13+,19?/m1/s1. The third-order valence-electron chi connectivity index (χ3n) is 3.09. The van der Waals surface area contributed by atoms with Crippen molar-refractivity contribution in [3.63, 3.8) is 0 Å². The lowest BCUT2D eigenvalue weighted by atomic mass is 10.2. The van der Waals surface area contributed by atoms with Crippen molar-refractivity contribution in [1.82, 2.24) is 0 Å². The predicted octanol–water partition coefficient (Wildman–Crippen LogP) is 1.86. The molecular formula is C14H22O4S. The lowest BCUT2D eigenvalue weighted by Crippen LogP contribution is -2.32. The molecule has 3 atom stereocenters. The predicted molar refractivity (Wildman–Crippen MR) is 75.5 cm³/mol. The van der Waals surface area contributed by atoms with Crippen molar-refractivity contribution in [3.05, 3.63) is 29.8 Å². The van der Waals surface area contributed by atoms with E-state index in [2.05, 4.69) is 0 Å². The third-order valence-corrected chi connectivity index (χ3v) is 4.82. The Kier molecular flexibility index (Phi) is 6.65. The Bertz CT molecular complexity index is 400. The van der Waals surface area contributed by atoms with Crippen LogP contribution < -0.4 is 0 Å². The van der Waals surface area contributed by atoms with Gasteiger partial charge in [0, 0.05) is 25.5 Å². The molecule has 19 heavy (non-hydrogen) atoms. The van der Waals surface area contributed by atoms with Gasteiger partial charge in [-0.3, -0.25) is 4.21 Å². The van der Waals surface area contributed by atoms with Crippen LogP contribution in [0.5, 0.6) is 0 Å². The first-order valence-electron chi connectivity index (χ1n) is 6.20. The van der Waals surface area contributed by atoms with Gasteiger partial charge in [0.2, 0.25) is 0 Å². The van der Waals surface area contributed by atoms with Crippen LogP contribution in [0.3, 0.4) is 0 Å². The lowest BCUT2D eigenvalue weighted by Gasteiger charge is -2.22. The summed E-state index contributed by atoms with van der Waals surface area (Å²) in [5.41, 5.74) is 1.12. The van der Waals surface area contributed by atoms with Crippen LogP contribution in [0.2, 0.25) is 0 Å². The molecular weight excluding hydrogens is 264 g/mol. The molecule has 1 N–H and O–H groups in total.